The zero-order valence-corrected chi connectivity index (χ0v) is 11.6. The smallest absolute Gasteiger partial charge is 0.197 e. The molecule has 1 heterocycles. The van der Waals surface area contributed by atoms with Crippen LogP contribution < -0.4 is 0 Å². The lowest BCUT2D eigenvalue weighted by molar-refractivity contribution is 0.103. The summed E-state index contributed by atoms with van der Waals surface area (Å²) in [4.78, 5) is 12.8. The number of aromatic nitrogens is 2. The summed E-state index contributed by atoms with van der Waals surface area (Å²) in [5.41, 5.74) is 2.29. The van der Waals surface area contributed by atoms with Gasteiger partial charge in [-0.25, -0.2) is 0 Å². The number of rotatable bonds is 3. The van der Waals surface area contributed by atoms with Gasteiger partial charge in [0.05, 0.1) is 11.3 Å². The van der Waals surface area contributed by atoms with Crippen LogP contribution in [0.25, 0.3) is 10.8 Å². The van der Waals surface area contributed by atoms with Gasteiger partial charge >= 0.3 is 0 Å². The third kappa shape index (κ3) is 2.01. The highest BCUT2D eigenvalue weighted by Gasteiger charge is 2.17. The van der Waals surface area contributed by atoms with E-state index >= 15 is 0 Å². The van der Waals surface area contributed by atoms with Gasteiger partial charge in [-0.3, -0.25) is 9.48 Å². The first-order valence-electron chi connectivity index (χ1n) is 6.75. The van der Waals surface area contributed by atoms with E-state index in [-0.39, 0.29) is 5.78 Å². The number of ketones is 1. The molecule has 0 aliphatic rings. The van der Waals surface area contributed by atoms with Crippen molar-refractivity contribution in [3.63, 3.8) is 0 Å². The molecule has 100 valence electrons. The first kappa shape index (κ1) is 12.6. The van der Waals surface area contributed by atoms with Crippen LogP contribution >= 0.6 is 0 Å². The second kappa shape index (κ2) is 4.93. The van der Waals surface area contributed by atoms with Crippen molar-refractivity contribution in [1.29, 1.82) is 0 Å². The van der Waals surface area contributed by atoms with E-state index in [1.165, 1.54) is 0 Å². The van der Waals surface area contributed by atoms with E-state index in [0.29, 0.717) is 5.56 Å². The number of carbonyl (C=O) groups excluding carboxylic acids is 1. The zero-order valence-electron chi connectivity index (χ0n) is 11.6. The van der Waals surface area contributed by atoms with Gasteiger partial charge in [-0.05, 0) is 17.2 Å². The number of nitrogens with zero attached hydrogens (tertiary/aromatic N) is 2. The van der Waals surface area contributed by atoms with E-state index in [1.807, 2.05) is 62.6 Å². The number of hydrogen-bond donors (Lipinski definition) is 0. The number of carbonyl (C=O) groups is 1. The summed E-state index contributed by atoms with van der Waals surface area (Å²) >= 11 is 0. The number of hydrogen-bond acceptors (Lipinski definition) is 2. The molecule has 0 atom stereocenters. The minimum Gasteiger partial charge on any atom is -0.288 e. The molecular formula is C17H16N2O. The average molecular weight is 264 g/mol. The maximum Gasteiger partial charge on any atom is 0.197 e. The highest BCUT2D eigenvalue weighted by Crippen LogP contribution is 2.22. The van der Waals surface area contributed by atoms with E-state index < -0.39 is 0 Å². The van der Waals surface area contributed by atoms with Gasteiger partial charge in [0.1, 0.15) is 0 Å². The summed E-state index contributed by atoms with van der Waals surface area (Å²) in [7, 11) is 1.85. The van der Waals surface area contributed by atoms with Gasteiger partial charge in [-0.2, -0.15) is 5.10 Å². The topological polar surface area (TPSA) is 34.9 Å². The molecule has 0 spiro atoms. The molecular weight excluding hydrogens is 248 g/mol. The van der Waals surface area contributed by atoms with Crippen LogP contribution in [-0.4, -0.2) is 15.6 Å². The predicted molar refractivity (Wildman–Crippen MR) is 80.0 cm³/mol. The molecule has 20 heavy (non-hydrogen) atoms. The SMILES string of the molecule is CCc1nn(C)cc1C(=O)c1cccc2ccccc12. The number of benzene rings is 2. The second-order valence-electron chi connectivity index (χ2n) is 4.87. The molecule has 0 unspecified atom stereocenters. The lowest BCUT2D eigenvalue weighted by Crippen LogP contribution is -2.04. The lowest BCUT2D eigenvalue weighted by atomic mass is 9.97. The molecule has 3 nitrogen and oxygen atoms in total. The van der Waals surface area contributed by atoms with Crippen LogP contribution in [0.1, 0.15) is 28.5 Å². The van der Waals surface area contributed by atoms with E-state index in [4.69, 9.17) is 0 Å². The van der Waals surface area contributed by atoms with Gasteiger partial charge in [-0.15, -0.1) is 0 Å². The van der Waals surface area contributed by atoms with Gasteiger partial charge < -0.3 is 0 Å². The van der Waals surface area contributed by atoms with Crippen LogP contribution in [0.4, 0.5) is 0 Å². The van der Waals surface area contributed by atoms with Crippen molar-refractivity contribution >= 4 is 16.6 Å². The Morgan fingerprint density at radius 2 is 1.85 bits per heavy atom. The molecule has 0 saturated carbocycles. The van der Waals surface area contributed by atoms with Crippen LogP contribution in [0.5, 0.6) is 0 Å². The van der Waals surface area contributed by atoms with Crippen molar-refractivity contribution in [3.05, 3.63) is 65.5 Å². The molecule has 0 aliphatic carbocycles. The Balaban J connectivity index is 2.17. The monoisotopic (exact) mass is 264 g/mol. The highest BCUT2D eigenvalue weighted by atomic mass is 16.1. The summed E-state index contributed by atoms with van der Waals surface area (Å²) in [6, 6.07) is 13.8. The fourth-order valence-corrected chi connectivity index (χ4v) is 2.55. The van der Waals surface area contributed by atoms with Gasteiger partial charge in [0.2, 0.25) is 0 Å². The predicted octanol–water partition coefficient (Wildman–Crippen LogP) is 3.37. The Kier molecular flexibility index (Phi) is 3.11. The van der Waals surface area contributed by atoms with E-state index in [1.54, 1.807) is 4.68 Å². The number of fused-ring (bicyclic) bond motifs is 1. The third-order valence-electron chi connectivity index (χ3n) is 3.52. The van der Waals surface area contributed by atoms with Gasteiger partial charge in [0.25, 0.3) is 0 Å². The van der Waals surface area contributed by atoms with Crippen molar-refractivity contribution in [3.8, 4) is 0 Å². The van der Waals surface area contributed by atoms with Crippen molar-refractivity contribution in [1.82, 2.24) is 9.78 Å². The van der Waals surface area contributed by atoms with Gasteiger partial charge in [0.15, 0.2) is 5.78 Å². The molecule has 0 fully saturated rings. The lowest BCUT2D eigenvalue weighted by Gasteiger charge is -2.05. The maximum absolute atomic E-state index is 12.8. The summed E-state index contributed by atoms with van der Waals surface area (Å²) in [6.07, 6.45) is 2.57. The largest absolute Gasteiger partial charge is 0.288 e. The normalized spacial score (nSPS) is 10.9. The van der Waals surface area contributed by atoms with Crippen molar-refractivity contribution in [2.75, 3.05) is 0 Å². The molecule has 0 N–H and O–H groups in total. The van der Waals surface area contributed by atoms with Crippen molar-refractivity contribution < 1.29 is 4.79 Å². The first-order valence-corrected chi connectivity index (χ1v) is 6.75. The van der Waals surface area contributed by atoms with Crippen LogP contribution in [0.2, 0.25) is 0 Å². The quantitative estimate of drug-likeness (QED) is 0.680. The second-order valence-corrected chi connectivity index (χ2v) is 4.87. The van der Waals surface area contributed by atoms with Crippen LogP contribution in [0.15, 0.2) is 48.7 Å². The van der Waals surface area contributed by atoms with Gasteiger partial charge in [-0.1, -0.05) is 49.4 Å². The molecule has 0 radical (unpaired) electrons. The van der Waals surface area contributed by atoms with Crippen molar-refractivity contribution in [2.45, 2.75) is 13.3 Å². The van der Waals surface area contributed by atoms with Crippen LogP contribution in [0.3, 0.4) is 0 Å². The Morgan fingerprint density at radius 1 is 1.10 bits per heavy atom. The number of aryl methyl sites for hydroxylation is 2. The molecule has 0 bridgehead atoms. The molecule has 3 aromatic rings. The van der Waals surface area contributed by atoms with E-state index in [9.17, 15) is 4.79 Å². The summed E-state index contributed by atoms with van der Waals surface area (Å²) < 4.78 is 1.71. The molecule has 1 aromatic heterocycles. The fraction of sp³-hybridized carbons (Fsp3) is 0.176. The molecule has 3 rings (SSSR count). The Hall–Kier alpha value is -2.42. The molecule has 0 saturated heterocycles. The molecule has 0 amide bonds. The van der Waals surface area contributed by atoms with Crippen molar-refractivity contribution in [2.24, 2.45) is 7.05 Å². The molecule has 3 heteroatoms. The van der Waals surface area contributed by atoms with Gasteiger partial charge in [0, 0.05) is 18.8 Å². The first-order chi connectivity index (χ1) is 9.70. The minimum absolute atomic E-state index is 0.0479. The van der Waals surface area contributed by atoms with Crippen LogP contribution in [0, 0.1) is 0 Å². The summed E-state index contributed by atoms with van der Waals surface area (Å²) in [5.74, 6) is 0.0479. The summed E-state index contributed by atoms with van der Waals surface area (Å²) in [5, 5.41) is 6.43. The highest BCUT2D eigenvalue weighted by molar-refractivity contribution is 6.16. The third-order valence-corrected chi connectivity index (χ3v) is 3.52. The Bertz CT molecular complexity index is 781. The van der Waals surface area contributed by atoms with E-state index in [2.05, 4.69) is 5.10 Å². The maximum atomic E-state index is 12.8. The average Bonchev–Trinajstić information content (AvgIpc) is 2.87. The summed E-state index contributed by atoms with van der Waals surface area (Å²) in [6.45, 7) is 2.02. The standard InChI is InChI=1S/C17H16N2O/c1-3-16-15(11-19(2)18-16)17(20)14-10-6-8-12-7-4-5-9-13(12)14/h4-11H,3H2,1-2H3. The Labute approximate surface area is 117 Å². The zero-order chi connectivity index (χ0) is 14.1. The Morgan fingerprint density at radius 3 is 2.65 bits per heavy atom. The van der Waals surface area contributed by atoms with E-state index in [0.717, 1.165) is 28.5 Å². The van der Waals surface area contributed by atoms with Crippen LogP contribution in [-0.2, 0) is 13.5 Å². The molecule has 2 aromatic carbocycles. The minimum atomic E-state index is 0.0479. The fourth-order valence-electron chi connectivity index (χ4n) is 2.55. The molecule has 0 aliphatic heterocycles.